The highest BCUT2D eigenvalue weighted by Gasteiger charge is 2.58. The van der Waals surface area contributed by atoms with Gasteiger partial charge in [0.2, 0.25) is 0 Å². The standard InChI is InChI=1S/C11H18N2O4/c1-4-16-10(15)17-8-11(5-6-11)7-12(2)9(14)13(8)3/h8H,4-7H2,1-3H3. The third kappa shape index (κ3) is 2.03. The van der Waals surface area contributed by atoms with Crippen molar-refractivity contribution in [2.45, 2.75) is 26.0 Å². The molecule has 6 heteroatoms. The minimum Gasteiger partial charge on any atom is -0.435 e. The van der Waals surface area contributed by atoms with Gasteiger partial charge in [-0.2, -0.15) is 0 Å². The topological polar surface area (TPSA) is 59.1 Å². The number of nitrogens with zero attached hydrogens (tertiary/aromatic N) is 2. The summed E-state index contributed by atoms with van der Waals surface area (Å²) in [5.74, 6) is 0. The van der Waals surface area contributed by atoms with Crippen LogP contribution in [0.1, 0.15) is 19.8 Å². The zero-order valence-electron chi connectivity index (χ0n) is 10.4. The van der Waals surface area contributed by atoms with Gasteiger partial charge in [-0.05, 0) is 19.8 Å². The summed E-state index contributed by atoms with van der Waals surface area (Å²) in [6.45, 7) is 2.63. The molecule has 0 aromatic heterocycles. The summed E-state index contributed by atoms with van der Waals surface area (Å²) in [7, 11) is 3.42. The van der Waals surface area contributed by atoms with E-state index in [1.54, 1.807) is 25.9 Å². The highest BCUT2D eigenvalue weighted by Crippen LogP contribution is 2.53. The molecule has 1 unspecified atom stereocenters. The molecule has 6 nitrogen and oxygen atoms in total. The fourth-order valence-electron chi connectivity index (χ4n) is 2.41. The molecule has 96 valence electrons. The molecule has 2 aliphatic rings. The predicted octanol–water partition coefficient (Wildman–Crippen LogP) is 1.26. The minimum atomic E-state index is -0.701. The van der Waals surface area contributed by atoms with Crippen LogP contribution in [0.25, 0.3) is 0 Å². The van der Waals surface area contributed by atoms with Gasteiger partial charge < -0.3 is 14.4 Å². The van der Waals surface area contributed by atoms with Gasteiger partial charge in [0.1, 0.15) is 0 Å². The van der Waals surface area contributed by atoms with Gasteiger partial charge in [-0.25, -0.2) is 9.59 Å². The lowest BCUT2D eigenvalue weighted by atomic mass is 10.0. The third-order valence-corrected chi connectivity index (χ3v) is 3.42. The van der Waals surface area contributed by atoms with Crippen molar-refractivity contribution < 1.29 is 19.1 Å². The second kappa shape index (κ2) is 4.09. The Labute approximate surface area is 100 Å². The van der Waals surface area contributed by atoms with E-state index in [0.717, 1.165) is 12.8 Å². The van der Waals surface area contributed by atoms with Crippen molar-refractivity contribution in [3.05, 3.63) is 0 Å². The molecular formula is C11H18N2O4. The van der Waals surface area contributed by atoms with Gasteiger partial charge in [-0.1, -0.05) is 0 Å². The number of carbonyl (C=O) groups is 2. The molecule has 1 aliphatic carbocycles. The summed E-state index contributed by atoms with van der Waals surface area (Å²) in [5.41, 5.74) is -0.0931. The van der Waals surface area contributed by atoms with Crippen molar-refractivity contribution in [1.29, 1.82) is 0 Å². The lowest BCUT2D eigenvalue weighted by Crippen LogP contribution is -2.58. The molecule has 0 aromatic rings. The van der Waals surface area contributed by atoms with E-state index in [9.17, 15) is 9.59 Å². The second-order valence-corrected chi connectivity index (χ2v) is 4.77. The van der Waals surface area contributed by atoms with Crippen LogP contribution in [0.2, 0.25) is 0 Å². The molecular weight excluding hydrogens is 224 g/mol. The Balaban J connectivity index is 2.08. The quantitative estimate of drug-likeness (QED) is 0.684. The van der Waals surface area contributed by atoms with Crippen LogP contribution in [0.15, 0.2) is 0 Å². The molecule has 0 bridgehead atoms. The summed E-state index contributed by atoms with van der Waals surface area (Å²) in [6.07, 6.45) is 0.746. The molecule has 1 saturated carbocycles. The van der Waals surface area contributed by atoms with E-state index in [-0.39, 0.29) is 18.1 Å². The van der Waals surface area contributed by atoms with Gasteiger partial charge in [0, 0.05) is 26.1 Å². The van der Waals surface area contributed by atoms with Crippen LogP contribution < -0.4 is 0 Å². The molecule has 0 N–H and O–H groups in total. The zero-order chi connectivity index (χ0) is 12.6. The Hall–Kier alpha value is -1.46. The molecule has 1 heterocycles. The maximum absolute atomic E-state index is 11.8. The summed E-state index contributed by atoms with van der Waals surface area (Å²) in [6, 6.07) is -0.128. The number of amides is 2. The number of hydrogen-bond donors (Lipinski definition) is 0. The largest absolute Gasteiger partial charge is 0.510 e. The minimum absolute atomic E-state index is 0.0931. The smallest absolute Gasteiger partial charge is 0.435 e. The van der Waals surface area contributed by atoms with E-state index in [0.29, 0.717) is 6.54 Å². The van der Waals surface area contributed by atoms with Gasteiger partial charge in [0.05, 0.1) is 6.61 Å². The fraction of sp³-hybridized carbons (Fsp3) is 0.818. The maximum atomic E-state index is 11.8. The lowest BCUT2D eigenvalue weighted by molar-refractivity contribution is -0.0836. The van der Waals surface area contributed by atoms with Crippen LogP contribution in [0.5, 0.6) is 0 Å². The molecule has 2 amide bonds. The molecule has 1 spiro atoms. The third-order valence-electron chi connectivity index (χ3n) is 3.42. The van der Waals surface area contributed by atoms with Gasteiger partial charge >= 0.3 is 12.2 Å². The van der Waals surface area contributed by atoms with E-state index < -0.39 is 12.4 Å². The van der Waals surface area contributed by atoms with E-state index in [1.165, 1.54) is 4.90 Å². The lowest BCUT2D eigenvalue weighted by Gasteiger charge is -2.42. The van der Waals surface area contributed by atoms with Crippen LogP contribution >= 0.6 is 0 Å². The van der Waals surface area contributed by atoms with Gasteiger partial charge in [0.25, 0.3) is 0 Å². The van der Waals surface area contributed by atoms with E-state index >= 15 is 0 Å². The molecule has 17 heavy (non-hydrogen) atoms. The summed E-state index contributed by atoms with van der Waals surface area (Å²) in [4.78, 5) is 26.3. The van der Waals surface area contributed by atoms with Crippen molar-refractivity contribution in [1.82, 2.24) is 9.80 Å². The average molecular weight is 242 g/mol. The average Bonchev–Trinajstić information content (AvgIpc) is 3.03. The summed E-state index contributed by atoms with van der Waals surface area (Å²) in [5, 5.41) is 0. The molecule has 1 atom stereocenters. The number of carbonyl (C=O) groups excluding carboxylic acids is 2. The Kier molecular flexibility index (Phi) is 2.89. The highest BCUT2D eigenvalue weighted by molar-refractivity contribution is 5.76. The van der Waals surface area contributed by atoms with Crippen molar-refractivity contribution in [3.8, 4) is 0 Å². The van der Waals surface area contributed by atoms with Crippen molar-refractivity contribution in [2.24, 2.45) is 5.41 Å². The number of ether oxygens (including phenoxy) is 2. The molecule has 2 rings (SSSR count). The number of urea groups is 1. The Morgan fingerprint density at radius 2 is 2.12 bits per heavy atom. The van der Waals surface area contributed by atoms with Crippen molar-refractivity contribution >= 4 is 12.2 Å². The van der Waals surface area contributed by atoms with Crippen LogP contribution in [0, 0.1) is 5.41 Å². The SMILES string of the molecule is CCOC(=O)OC1N(C)C(=O)N(C)CC12CC2. The monoisotopic (exact) mass is 242 g/mol. The van der Waals surface area contributed by atoms with Crippen LogP contribution in [0.4, 0.5) is 9.59 Å². The molecule has 0 radical (unpaired) electrons. The van der Waals surface area contributed by atoms with E-state index in [4.69, 9.17) is 9.47 Å². The maximum Gasteiger partial charge on any atom is 0.510 e. The molecule has 1 aliphatic heterocycles. The first-order valence-electron chi connectivity index (χ1n) is 5.81. The Morgan fingerprint density at radius 3 is 2.65 bits per heavy atom. The predicted molar refractivity (Wildman–Crippen MR) is 59.4 cm³/mol. The first kappa shape index (κ1) is 12.0. The first-order chi connectivity index (χ1) is 8.00. The van der Waals surface area contributed by atoms with Crippen molar-refractivity contribution in [3.63, 3.8) is 0 Å². The van der Waals surface area contributed by atoms with Gasteiger partial charge in [0.15, 0.2) is 6.23 Å². The van der Waals surface area contributed by atoms with E-state index in [1.807, 2.05) is 0 Å². The summed E-state index contributed by atoms with van der Waals surface area (Å²) >= 11 is 0. The van der Waals surface area contributed by atoms with Gasteiger partial charge in [-0.15, -0.1) is 0 Å². The Bertz CT molecular complexity index is 340. The second-order valence-electron chi connectivity index (χ2n) is 4.77. The summed E-state index contributed by atoms with van der Waals surface area (Å²) < 4.78 is 10.0. The molecule has 2 fully saturated rings. The molecule has 1 saturated heterocycles. The fourth-order valence-corrected chi connectivity index (χ4v) is 2.41. The van der Waals surface area contributed by atoms with Crippen molar-refractivity contribution in [2.75, 3.05) is 27.2 Å². The normalized spacial score (nSPS) is 26.1. The number of hydrogen-bond acceptors (Lipinski definition) is 4. The first-order valence-corrected chi connectivity index (χ1v) is 5.81. The van der Waals surface area contributed by atoms with Crippen LogP contribution in [-0.2, 0) is 9.47 Å². The highest BCUT2D eigenvalue weighted by atomic mass is 16.7. The van der Waals surface area contributed by atoms with Crippen LogP contribution in [-0.4, -0.2) is 55.5 Å². The Morgan fingerprint density at radius 1 is 1.47 bits per heavy atom. The van der Waals surface area contributed by atoms with Gasteiger partial charge in [-0.3, -0.25) is 4.90 Å². The van der Waals surface area contributed by atoms with Crippen LogP contribution in [0.3, 0.4) is 0 Å². The van der Waals surface area contributed by atoms with E-state index in [2.05, 4.69) is 0 Å². The molecule has 0 aromatic carbocycles. The zero-order valence-corrected chi connectivity index (χ0v) is 10.4. The number of rotatable bonds is 2.